The molecule has 0 unspecified atom stereocenters. The molecule has 0 saturated carbocycles. The van der Waals surface area contributed by atoms with Crippen molar-refractivity contribution in [3.05, 3.63) is 28.8 Å². The number of nitrogens with one attached hydrogen (secondary N) is 1. The molecule has 98 valence electrons. The van der Waals surface area contributed by atoms with E-state index in [-0.39, 0.29) is 10.9 Å². The lowest BCUT2D eigenvalue weighted by molar-refractivity contribution is -0.120. The zero-order valence-corrected chi connectivity index (χ0v) is 11.6. The number of carbonyl (C=O) groups is 1. The summed E-state index contributed by atoms with van der Waals surface area (Å²) >= 11 is 10.8. The van der Waals surface area contributed by atoms with Crippen LogP contribution in [0.5, 0.6) is 5.75 Å². The lowest BCUT2D eigenvalue weighted by Gasteiger charge is -2.08. The molecule has 0 atom stereocenters. The summed E-state index contributed by atoms with van der Waals surface area (Å²) in [7, 11) is 1.61. The quantitative estimate of drug-likeness (QED) is 0.619. The number of carbonyl (C=O) groups excluding carboxylic acids is 1. The molecule has 0 radical (unpaired) electrons. The van der Waals surface area contributed by atoms with E-state index in [9.17, 15) is 4.79 Å². The van der Waals surface area contributed by atoms with Gasteiger partial charge >= 0.3 is 0 Å². The summed E-state index contributed by atoms with van der Waals surface area (Å²) in [6.07, 6.45) is 1.09. The standard InChI is InChI=1S/C12H15ClN2O2S/c1-15-11(16)3-2-6-17-8-4-5-9(12(14)18)10(13)7-8/h4-5,7H,2-3,6H2,1H3,(H2,14,18)(H,15,16). The SMILES string of the molecule is CNC(=O)CCCOc1ccc(C(N)=S)c(Cl)c1. The third-order valence-corrected chi connectivity index (χ3v) is 2.83. The van der Waals surface area contributed by atoms with Crippen molar-refractivity contribution in [3.63, 3.8) is 0 Å². The Bertz CT molecular complexity index is 452. The number of nitrogens with two attached hydrogens (primary N) is 1. The van der Waals surface area contributed by atoms with Crippen molar-refractivity contribution in [2.75, 3.05) is 13.7 Å². The molecule has 0 fully saturated rings. The number of hydrogen-bond donors (Lipinski definition) is 2. The largest absolute Gasteiger partial charge is 0.494 e. The number of halogens is 1. The van der Waals surface area contributed by atoms with Crippen molar-refractivity contribution in [3.8, 4) is 5.75 Å². The normalized spacial score (nSPS) is 9.89. The summed E-state index contributed by atoms with van der Waals surface area (Å²) in [5, 5.41) is 3.01. The Hall–Kier alpha value is -1.33. The molecule has 4 nitrogen and oxygen atoms in total. The first-order chi connectivity index (χ1) is 8.54. The third kappa shape index (κ3) is 4.50. The smallest absolute Gasteiger partial charge is 0.219 e. The first kappa shape index (κ1) is 14.7. The fourth-order valence-electron chi connectivity index (χ4n) is 1.33. The molecule has 1 aromatic rings. The van der Waals surface area contributed by atoms with Crippen molar-refractivity contribution in [2.45, 2.75) is 12.8 Å². The van der Waals surface area contributed by atoms with Crippen molar-refractivity contribution < 1.29 is 9.53 Å². The molecule has 0 aromatic heterocycles. The molecule has 0 heterocycles. The molecule has 0 aliphatic carbocycles. The topological polar surface area (TPSA) is 64.3 Å². The third-order valence-electron chi connectivity index (χ3n) is 2.30. The molecule has 1 amide bonds. The maximum absolute atomic E-state index is 11.0. The molecular formula is C12H15ClN2O2S. The number of ether oxygens (including phenoxy) is 1. The predicted molar refractivity (Wildman–Crippen MR) is 76.1 cm³/mol. The van der Waals surface area contributed by atoms with Crippen LogP contribution in [0.1, 0.15) is 18.4 Å². The highest BCUT2D eigenvalue weighted by Crippen LogP contribution is 2.22. The van der Waals surface area contributed by atoms with Crippen LogP contribution in [0.3, 0.4) is 0 Å². The maximum Gasteiger partial charge on any atom is 0.219 e. The molecule has 0 aliphatic heterocycles. The Labute approximate surface area is 116 Å². The van der Waals surface area contributed by atoms with Gasteiger partial charge in [0.15, 0.2) is 0 Å². The minimum atomic E-state index is 0.000427. The molecule has 0 aliphatic rings. The molecule has 1 aromatic carbocycles. The fourth-order valence-corrected chi connectivity index (χ4v) is 1.84. The van der Waals surface area contributed by atoms with E-state index in [0.29, 0.717) is 35.8 Å². The number of benzene rings is 1. The van der Waals surface area contributed by atoms with Crippen LogP contribution >= 0.6 is 23.8 Å². The van der Waals surface area contributed by atoms with Gasteiger partial charge in [-0.1, -0.05) is 23.8 Å². The lowest BCUT2D eigenvalue weighted by Crippen LogP contribution is -2.18. The van der Waals surface area contributed by atoms with E-state index in [1.807, 2.05) is 0 Å². The minimum Gasteiger partial charge on any atom is -0.494 e. The second kappa shape index (κ2) is 7.18. The molecule has 6 heteroatoms. The summed E-state index contributed by atoms with van der Waals surface area (Å²) in [5.41, 5.74) is 6.13. The van der Waals surface area contributed by atoms with Crippen molar-refractivity contribution in [1.29, 1.82) is 0 Å². The van der Waals surface area contributed by atoms with Crippen LogP contribution in [-0.2, 0) is 4.79 Å². The van der Waals surface area contributed by atoms with E-state index in [1.54, 1.807) is 25.2 Å². The van der Waals surface area contributed by atoms with Crippen LogP contribution in [0, 0.1) is 0 Å². The zero-order valence-electron chi connectivity index (χ0n) is 10.0. The Balaban J connectivity index is 2.46. The van der Waals surface area contributed by atoms with Gasteiger partial charge in [-0.3, -0.25) is 4.79 Å². The monoisotopic (exact) mass is 286 g/mol. The summed E-state index contributed by atoms with van der Waals surface area (Å²) in [4.78, 5) is 11.2. The van der Waals surface area contributed by atoms with Crippen LogP contribution in [0.4, 0.5) is 0 Å². The molecule has 18 heavy (non-hydrogen) atoms. The number of rotatable bonds is 6. The molecule has 0 bridgehead atoms. The maximum atomic E-state index is 11.0. The van der Waals surface area contributed by atoms with Crippen LogP contribution in [-0.4, -0.2) is 24.6 Å². The Morgan fingerprint density at radius 3 is 2.83 bits per heavy atom. The Kier molecular flexibility index (Phi) is 5.88. The average molecular weight is 287 g/mol. The van der Waals surface area contributed by atoms with E-state index in [4.69, 9.17) is 34.3 Å². The molecule has 0 saturated heterocycles. The second-order valence-electron chi connectivity index (χ2n) is 3.63. The van der Waals surface area contributed by atoms with Crippen molar-refractivity contribution >= 4 is 34.7 Å². The van der Waals surface area contributed by atoms with Crippen LogP contribution in [0.2, 0.25) is 5.02 Å². The average Bonchev–Trinajstić information content (AvgIpc) is 2.34. The Morgan fingerprint density at radius 2 is 2.28 bits per heavy atom. The fraction of sp³-hybridized carbons (Fsp3) is 0.333. The van der Waals surface area contributed by atoms with Crippen molar-refractivity contribution in [1.82, 2.24) is 5.32 Å². The van der Waals surface area contributed by atoms with E-state index in [0.717, 1.165) is 0 Å². The summed E-state index contributed by atoms with van der Waals surface area (Å²) in [6, 6.07) is 5.13. The molecule has 0 spiro atoms. The van der Waals surface area contributed by atoms with E-state index in [2.05, 4.69) is 5.32 Å². The van der Waals surface area contributed by atoms with Crippen LogP contribution in [0.25, 0.3) is 0 Å². The van der Waals surface area contributed by atoms with Gasteiger partial charge in [-0.25, -0.2) is 0 Å². The van der Waals surface area contributed by atoms with E-state index >= 15 is 0 Å². The number of hydrogen-bond acceptors (Lipinski definition) is 3. The summed E-state index contributed by atoms with van der Waals surface area (Å²) in [5.74, 6) is 0.636. The van der Waals surface area contributed by atoms with Gasteiger partial charge in [0.2, 0.25) is 5.91 Å². The first-order valence-corrected chi connectivity index (χ1v) is 6.26. The predicted octanol–water partition coefficient (Wildman–Crippen LogP) is 1.88. The first-order valence-electron chi connectivity index (χ1n) is 5.47. The van der Waals surface area contributed by atoms with Gasteiger partial charge in [0.25, 0.3) is 0 Å². The summed E-state index contributed by atoms with van der Waals surface area (Å²) in [6.45, 7) is 0.455. The van der Waals surface area contributed by atoms with Gasteiger partial charge in [-0.15, -0.1) is 0 Å². The summed E-state index contributed by atoms with van der Waals surface area (Å²) < 4.78 is 5.47. The zero-order chi connectivity index (χ0) is 13.5. The number of thiocarbonyl (C=S) groups is 1. The van der Waals surface area contributed by atoms with E-state index in [1.165, 1.54) is 0 Å². The van der Waals surface area contributed by atoms with Gasteiger partial charge in [-0.05, 0) is 24.6 Å². The molecular weight excluding hydrogens is 272 g/mol. The Morgan fingerprint density at radius 1 is 1.56 bits per heavy atom. The van der Waals surface area contributed by atoms with E-state index < -0.39 is 0 Å². The van der Waals surface area contributed by atoms with Gasteiger partial charge < -0.3 is 15.8 Å². The molecule has 1 rings (SSSR count). The van der Waals surface area contributed by atoms with Gasteiger partial charge in [0.05, 0.1) is 11.6 Å². The highest BCUT2D eigenvalue weighted by atomic mass is 35.5. The van der Waals surface area contributed by atoms with Gasteiger partial charge in [-0.2, -0.15) is 0 Å². The lowest BCUT2D eigenvalue weighted by atomic mass is 10.2. The van der Waals surface area contributed by atoms with Crippen molar-refractivity contribution in [2.24, 2.45) is 5.73 Å². The highest BCUT2D eigenvalue weighted by molar-refractivity contribution is 7.80. The minimum absolute atomic E-state index is 0.000427. The van der Waals surface area contributed by atoms with Crippen LogP contribution in [0.15, 0.2) is 18.2 Å². The molecule has 3 N–H and O–H groups in total. The van der Waals surface area contributed by atoms with Crippen LogP contribution < -0.4 is 15.8 Å². The highest BCUT2D eigenvalue weighted by Gasteiger charge is 2.05. The second-order valence-corrected chi connectivity index (χ2v) is 4.48. The van der Waals surface area contributed by atoms with Gasteiger partial charge in [0.1, 0.15) is 10.7 Å². The number of amides is 1. The van der Waals surface area contributed by atoms with Gasteiger partial charge in [0, 0.05) is 19.0 Å².